The number of aliphatic hydroxyl groups excluding tert-OH is 1. The molecule has 0 aliphatic carbocycles. The molecule has 0 bridgehead atoms. The van der Waals surface area contributed by atoms with Gasteiger partial charge in [0.25, 0.3) is 0 Å². The molecule has 4 heteroatoms. The SMILES string of the molecule is OCCOCCCNc1nccc2ccccc12. The van der Waals surface area contributed by atoms with Crippen molar-refractivity contribution in [3.63, 3.8) is 0 Å². The van der Waals surface area contributed by atoms with Gasteiger partial charge in [-0.3, -0.25) is 0 Å². The van der Waals surface area contributed by atoms with Crippen molar-refractivity contribution in [3.05, 3.63) is 36.5 Å². The van der Waals surface area contributed by atoms with E-state index in [-0.39, 0.29) is 6.61 Å². The molecule has 0 spiro atoms. The number of nitrogens with zero attached hydrogens (tertiary/aromatic N) is 1. The van der Waals surface area contributed by atoms with Crippen LogP contribution in [0.3, 0.4) is 0 Å². The van der Waals surface area contributed by atoms with E-state index in [2.05, 4.69) is 22.4 Å². The Balaban J connectivity index is 1.88. The highest BCUT2D eigenvalue weighted by Gasteiger charge is 2.00. The molecule has 4 nitrogen and oxygen atoms in total. The van der Waals surface area contributed by atoms with Crippen molar-refractivity contribution in [2.45, 2.75) is 6.42 Å². The first-order valence-corrected chi connectivity index (χ1v) is 6.18. The molecule has 2 rings (SSSR count). The van der Waals surface area contributed by atoms with E-state index in [0.29, 0.717) is 13.2 Å². The molecule has 96 valence electrons. The van der Waals surface area contributed by atoms with Gasteiger partial charge in [0.05, 0.1) is 13.2 Å². The number of nitrogens with one attached hydrogen (secondary N) is 1. The lowest BCUT2D eigenvalue weighted by molar-refractivity contribution is 0.0922. The van der Waals surface area contributed by atoms with Crippen LogP contribution < -0.4 is 5.32 Å². The molecule has 18 heavy (non-hydrogen) atoms. The van der Waals surface area contributed by atoms with E-state index in [1.54, 1.807) is 0 Å². The molecule has 0 aliphatic heterocycles. The fourth-order valence-electron chi connectivity index (χ4n) is 1.81. The Hall–Kier alpha value is -1.65. The maximum Gasteiger partial charge on any atom is 0.133 e. The van der Waals surface area contributed by atoms with Crippen molar-refractivity contribution in [2.75, 3.05) is 31.7 Å². The fraction of sp³-hybridized carbons (Fsp3) is 0.357. The van der Waals surface area contributed by atoms with Gasteiger partial charge in [-0.2, -0.15) is 0 Å². The number of benzene rings is 1. The lowest BCUT2D eigenvalue weighted by Gasteiger charge is -2.08. The van der Waals surface area contributed by atoms with E-state index in [0.717, 1.165) is 24.2 Å². The predicted molar refractivity (Wildman–Crippen MR) is 72.8 cm³/mol. The van der Waals surface area contributed by atoms with Gasteiger partial charge in [-0.25, -0.2) is 4.98 Å². The molecule has 2 N–H and O–H groups in total. The second kappa shape index (κ2) is 6.93. The number of fused-ring (bicyclic) bond motifs is 1. The molecular weight excluding hydrogens is 228 g/mol. The normalized spacial score (nSPS) is 10.7. The summed E-state index contributed by atoms with van der Waals surface area (Å²) in [5.74, 6) is 0.912. The Kier molecular flexibility index (Phi) is 4.93. The minimum atomic E-state index is 0.0817. The molecule has 0 amide bonds. The second-order valence-corrected chi connectivity index (χ2v) is 4.00. The van der Waals surface area contributed by atoms with E-state index in [9.17, 15) is 0 Å². The second-order valence-electron chi connectivity index (χ2n) is 4.00. The zero-order valence-electron chi connectivity index (χ0n) is 10.3. The molecule has 1 heterocycles. The smallest absolute Gasteiger partial charge is 0.133 e. The molecule has 0 atom stereocenters. The van der Waals surface area contributed by atoms with Crippen LogP contribution in [0.1, 0.15) is 6.42 Å². The summed E-state index contributed by atoms with van der Waals surface area (Å²) in [6, 6.07) is 10.2. The predicted octanol–water partition coefficient (Wildman–Crippen LogP) is 2.05. The van der Waals surface area contributed by atoms with Crippen LogP contribution in [0.15, 0.2) is 36.5 Å². The van der Waals surface area contributed by atoms with Crippen molar-refractivity contribution >= 4 is 16.6 Å². The maximum atomic E-state index is 8.57. The molecule has 0 radical (unpaired) electrons. The maximum absolute atomic E-state index is 8.57. The lowest BCUT2D eigenvalue weighted by Crippen LogP contribution is -2.08. The van der Waals surface area contributed by atoms with Crippen LogP contribution in [-0.2, 0) is 4.74 Å². The van der Waals surface area contributed by atoms with Crippen molar-refractivity contribution in [1.29, 1.82) is 0 Å². The molecule has 0 fully saturated rings. The minimum absolute atomic E-state index is 0.0817. The molecule has 0 aliphatic rings. The van der Waals surface area contributed by atoms with Gasteiger partial charge in [-0.1, -0.05) is 24.3 Å². The van der Waals surface area contributed by atoms with Gasteiger partial charge in [0.15, 0.2) is 0 Å². The van der Waals surface area contributed by atoms with Crippen molar-refractivity contribution in [3.8, 4) is 0 Å². The van der Waals surface area contributed by atoms with Crippen LogP contribution in [0, 0.1) is 0 Å². The number of aliphatic hydroxyl groups is 1. The fourth-order valence-corrected chi connectivity index (χ4v) is 1.81. The summed E-state index contributed by atoms with van der Waals surface area (Å²) in [7, 11) is 0. The zero-order chi connectivity index (χ0) is 12.6. The summed E-state index contributed by atoms with van der Waals surface area (Å²) in [6.07, 6.45) is 2.71. The lowest BCUT2D eigenvalue weighted by atomic mass is 10.1. The van der Waals surface area contributed by atoms with Crippen LogP contribution in [0.25, 0.3) is 10.8 Å². The standard InChI is InChI=1S/C14H18N2O2/c17-9-11-18-10-3-7-15-14-13-5-2-1-4-12(13)6-8-16-14/h1-2,4-6,8,17H,3,7,9-11H2,(H,15,16). The van der Waals surface area contributed by atoms with Gasteiger partial charge >= 0.3 is 0 Å². The van der Waals surface area contributed by atoms with Crippen LogP contribution in [0.4, 0.5) is 5.82 Å². The summed E-state index contributed by atoms with van der Waals surface area (Å²) in [5.41, 5.74) is 0. The molecule has 1 aromatic heterocycles. The quantitative estimate of drug-likeness (QED) is 0.734. The third kappa shape index (κ3) is 3.42. The average molecular weight is 246 g/mol. The van der Waals surface area contributed by atoms with Crippen LogP contribution in [-0.4, -0.2) is 36.5 Å². The molecule has 1 aromatic carbocycles. The van der Waals surface area contributed by atoms with Crippen molar-refractivity contribution in [2.24, 2.45) is 0 Å². The Morgan fingerprint density at radius 2 is 2.06 bits per heavy atom. The van der Waals surface area contributed by atoms with E-state index in [1.807, 2.05) is 24.4 Å². The number of pyridine rings is 1. The largest absolute Gasteiger partial charge is 0.394 e. The van der Waals surface area contributed by atoms with Crippen molar-refractivity contribution in [1.82, 2.24) is 4.98 Å². The molecule has 0 unspecified atom stereocenters. The van der Waals surface area contributed by atoms with Gasteiger partial charge in [0.2, 0.25) is 0 Å². The minimum Gasteiger partial charge on any atom is -0.394 e. The first-order valence-electron chi connectivity index (χ1n) is 6.18. The first-order chi connectivity index (χ1) is 8.92. The number of ether oxygens (including phenoxy) is 1. The summed E-state index contributed by atoms with van der Waals surface area (Å²) in [6.45, 7) is 1.95. The number of hydrogen-bond acceptors (Lipinski definition) is 4. The number of hydrogen-bond donors (Lipinski definition) is 2. The highest BCUT2D eigenvalue weighted by molar-refractivity contribution is 5.91. The Morgan fingerprint density at radius 1 is 1.17 bits per heavy atom. The monoisotopic (exact) mass is 246 g/mol. The highest BCUT2D eigenvalue weighted by atomic mass is 16.5. The van der Waals surface area contributed by atoms with Crippen LogP contribution in [0.2, 0.25) is 0 Å². The van der Waals surface area contributed by atoms with Gasteiger partial charge in [-0.15, -0.1) is 0 Å². The van der Waals surface area contributed by atoms with E-state index in [4.69, 9.17) is 9.84 Å². The van der Waals surface area contributed by atoms with Gasteiger partial charge < -0.3 is 15.2 Å². The number of rotatable bonds is 7. The van der Waals surface area contributed by atoms with Crippen LogP contribution in [0.5, 0.6) is 0 Å². The Morgan fingerprint density at radius 3 is 2.94 bits per heavy atom. The Bertz CT molecular complexity index is 483. The summed E-state index contributed by atoms with van der Waals surface area (Å²) in [5, 5.41) is 14.2. The molecular formula is C14H18N2O2. The Labute approximate surface area is 107 Å². The average Bonchev–Trinajstić information content (AvgIpc) is 2.43. The van der Waals surface area contributed by atoms with E-state index in [1.165, 1.54) is 5.39 Å². The third-order valence-corrected chi connectivity index (χ3v) is 2.67. The number of aromatic nitrogens is 1. The molecule has 0 saturated heterocycles. The molecule has 2 aromatic rings. The summed E-state index contributed by atoms with van der Waals surface area (Å²) in [4.78, 5) is 4.35. The van der Waals surface area contributed by atoms with Crippen LogP contribution >= 0.6 is 0 Å². The first kappa shape index (κ1) is 12.8. The topological polar surface area (TPSA) is 54.4 Å². The van der Waals surface area contributed by atoms with Gasteiger partial charge in [0.1, 0.15) is 5.82 Å². The highest BCUT2D eigenvalue weighted by Crippen LogP contribution is 2.19. The molecule has 0 saturated carbocycles. The van der Waals surface area contributed by atoms with E-state index >= 15 is 0 Å². The van der Waals surface area contributed by atoms with Gasteiger partial charge in [0, 0.05) is 24.7 Å². The third-order valence-electron chi connectivity index (χ3n) is 2.67. The van der Waals surface area contributed by atoms with Gasteiger partial charge in [-0.05, 0) is 17.9 Å². The zero-order valence-corrected chi connectivity index (χ0v) is 10.3. The van der Waals surface area contributed by atoms with E-state index < -0.39 is 0 Å². The summed E-state index contributed by atoms with van der Waals surface area (Å²) >= 11 is 0. The van der Waals surface area contributed by atoms with Crippen molar-refractivity contribution < 1.29 is 9.84 Å². The number of anilines is 1. The summed E-state index contributed by atoms with van der Waals surface area (Å²) < 4.78 is 5.20.